The fraction of sp³-hybridized carbons (Fsp3) is 0.273. The molecule has 0 amide bonds. The predicted octanol–water partition coefficient (Wildman–Crippen LogP) is 2.43. The molecule has 1 aromatic carbocycles. The second kappa shape index (κ2) is 4.65. The summed E-state index contributed by atoms with van der Waals surface area (Å²) in [5.74, 6) is -0.190. The molecule has 1 heterocycles. The van der Waals surface area contributed by atoms with Gasteiger partial charge in [-0.1, -0.05) is 0 Å². The molecule has 1 aromatic rings. The van der Waals surface area contributed by atoms with Crippen molar-refractivity contribution in [1.29, 1.82) is 0 Å². The van der Waals surface area contributed by atoms with Crippen LogP contribution in [0.2, 0.25) is 0 Å². The Balaban J connectivity index is 2.35. The molecular weight excluding hydrogens is 229 g/mol. The summed E-state index contributed by atoms with van der Waals surface area (Å²) in [6, 6.07) is 4.13. The number of esters is 1. The third-order valence-electron chi connectivity index (χ3n) is 2.30. The molecule has 2 rings (SSSR count). The molecule has 1 aliphatic rings. The minimum atomic E-state index is -0.532. The van der Waals surface area contributed by atoms with Gasteiger partial charge in [-0.2, -0.15) is 0 Å². The summed E-state index contributed by atoms with van der Waals surface area (Å²) in [6.45, 7) is 0. The zero-order valence-corrected chi connectivity index (χ0v) is 9.46. The molecule has 0 fully saturated rings. The molecule has 0 N–H and O–H groups in total. The van der Waals surface area contributed by atoms with Gasteiger partial charge in [-0.15, -0.1) is 11.8 Å². The van der Waals surface area contributed by atoms with Crippen molar-refractivity contribution in [2.24, 2.45) is 4.99 Å². The van der Waals surface area contributed by atoms with Crippen molar-refractivity contribution >= 4 is 23.3 Å². The van der Waals surface area contributed by atoms with Crippen molar-refractivity contribution in [3.8, 4) is 0 Å². The number of hydrogen-bond acceptors (Lipinski definition) is 4. The maximum absolute atomic E-state index is 13.3. The van der Waals surface area contributed by atoms with E-state index in [9.17, 15) is 9.18 Å². The highest BCUT2D eigenvalue weighted by Gasteiger charge is 2.17. The van der Waals surface area contributed by atoms with Crippen LogP contribution in [0.15, 0.2) is 23.2 Å². The van der Waals surface area contributed by atoms with Crippen LogP contribution in [-0.2, 0) is 4.74 Å². The number of halogens is 1. The van der Waals surface area contributed by atoms with Gasteiger partial charge < -0.3 is 4.74 Å². The lowest BCUT2D eigenvalue weighted by Gasteiger charge is -2.08. The number of carbonyl (C=O) groups excluding carboxylic acids is 1. The average molecular weight is 239 g/mol. The molecule has 3 nitrogen and oxygen atoms in total. The third kappa shape index (κ3) is 2.24. The first-order valence-corrected chi connectivity index (χ1v) is 5.77. The highest BCUT2D eigenvalue weighted by atomic mass is 32.2. The molecule has 1 atom stereocenters. The lowest BCUT2D eigenvalue weighted by molar-refractivity contribution is 0.0600. The highest BCUT2D eigenvalue weighted by Crippen LogP contribution is 2.28. The van der Waals surface area contributed by atoms with Gasteiger partial charge in [-0.05, 0) is 23.8 Å². The maximum Gasteiger partial charge on any atom is 0.337 e. The summed E-state index contributed by atoms with van der Waals surface area (Å²) in [7, 11) is 1.27. The molecular formula is C11H10FNO2S. The lowest BCUT2D eigenvalue weighted by atomic mass is 10.1. The summed E-state index contributed by atoms with van der Waals surface area (Å²) in [5.41, 5.74) is 2.68. The van der Waals surface area contributed by atoms with Crippen LogP contribution < -0.4 is 0 Å². The van der Waals surface area contributed by atoms with Gasteiger partial charge in [0.1, 0.15) is 5.82 Å². The molecule has 0 bridgehead atoms. The van der Waals surface area contributed by atoms with Gasteiger partial charge in [-0.3, -0.25) is 4.99 Å². The van der Waals surface area contributed by atoms with Gasteiger partial charge in [0.2, 0.25) is 0 Å². The Bertz CT molecular complexity index is 448. The van der Waals surface area contributed by atoms with E-state index in [2.05, 4.69) is 9.73 Å². The number of thioether (sulfide) groups is 1. The fourth-order valence-electron chi connectivity index (χ4n) is 1.52. The van der Waals surface area contributed by atoms with Crippen LogP contribution in [0.3, 0.4) is 0 Å². The molecule has 84 valence electrons. The SMILES string of the molecule is COC(=O)c1cc(F)cc(C2CSC=N2)c1. The summed E-state index contributed by atoms with van der Waals surface area (Å²) in [6.07, 6.45) is 0. The number of aliphatic imine (C=N–C) groups is 1. The molecule has 5 heteroatoms. The van der Waals surface area contributed by atoms with Crippen molar-refractivity contribution in [2.45, 2.75) is 6.04 Å². The van der Waals surface area contributed by atoms with Crippen LogP contribution in [0.25, 0.3) is 0 Å². The number of ether oxygens (including phenoxy) is 1. The molecule has 0 saturated carbocycles. The van der Waals surface area contributed by atoms with Gasteiger partial charge in [0.15, 0.2) is 0 Å². The third-order valence-corrected chi connectivity index (χ3v) is 3.07. The molecule has 0 spiro atoms. The van der Waals surface area contributed by atoms with Crippen LogP contribution in [0.5, 0.6) is 0 Å². The van der Waals surface area contributed by atoms with Crippen molar-refractivity contribution in [1.82, 2.24) is 0 Å². The van der Waals surface area contributed by atoms with Crippen molar-refractivity contribution in [2.75, 3.05) is 12.9 Å². The number of hydrogen-bond donors (Lipinski definition) is 0. The van der Waals surface area contributed by atoms with E-state index in [0.717, 1.165) is 5.75 Å². The number of methoxy groups -OCH3 is 1. The molecule has 0 aromatic heterocycles. The first kappa shape index (κ1) is 11.1. The van der Waals surface area contributed by atoms with Crippen LogP contribution in [0.4, 0.5) is 4.39 Å². The molecule has 16 heavy (non-hydrogen) atoms. The van der Waals surface area contributed by atoms with E-state index in [1.165, 1.54) is 19.2 Å². The Kier molecular flexibility index (Phi) is 3.24. The van der Waals surface area contributed by atoms with Crippen molar-refractivity contribution in [3.05, 3.63) is 35.1 Å². The van der Waals surface area contributed by atoms with Gasteiger partial charge in [0.05, 0.1) is 24.3 Å². The Morgan fingerprint density at radius 3 is 3.00 bits per heavy atom. The maximum atomic E-state index is 13.3. The van der Waals surface area contributed by atoms with Crippen LogP contribution in [0, 0.1) is 5.82 Å². The van der Waals surface area contributed by atoms with Crippen molar-refractivity contribution in [3.63, 3.8) is 0 Å². The summed E-state index contributed by atoms with van der Waals surface area (Å²) < 4.78 is 17.9. The molecule has 0 aliphatic carbocycles. The molecule has 0 saturated heterocycles. The summed E-state index contributed by atoms with van der Waals surface area (Å²) in [4.78, 5) is 15.5. The second-order valence-corrected chi connectivity index (χ2v) is 4.25. The van der Waals surface area contributed by atoms with Gasteiger partial charge in [0, 0.05) is 5.75 Å². The first-order chi connectivity index (χ1) is 7.70. The largest absolute Gasteiger partial charge is 0.465 e. The number of carbonyl (C=O) groups is 1. The van der Waals surface area contributed by atoms with Crippen LogP contribution in [-0.4, -0.2) is 24.4 Å². The van der Waals surface area contributed by atoms with E-state index >= 15 is 0 Å². The minimum Gasteiger partial charge on any atom is -0.465 e. The number of benzene rings is 1. The smallest absolute Gasteiger partial charge is 0.337 e. The van der Waals surface area contributed by atoms with Crippen LogP contribution in [0.1, 0.15) is 22.0 Å². The monoisotopic (exact) mass is 239 g/mol. The second-order valence-electron chi connectivity index (χ2n) is 3.37. The van der Waals surface area contributed by atoms with Gasteiger partial charge in [0.25, 0.3) is 0 Å². The first-order valence-electron chi connectivity index (χ1n) is 4.73. The highest BCUT2D eigenvalue weighted by molar-refractivity contribution is 8.12. The van der Waals surface area contributed by atoms with Gasteiger partial charge >= 0.3 is 5.97 Å². The summed E-state index contributed by atoms with van der Waals surface area (Å²) in [5, 5.41) is 0. The average Bonchev–Trinajstić information content (AvgIpc) is 2.80. The number of rotatable bonds is 2. The molecule has 1 aliphatic heterocycles. The Hall–Kier alpha value is -1.36. The molecule has 0 radical (unpaired) electrons. The Morgan fingerprint density at radius 1 is 1.56 bits per heavy atom. The lowest BCUT2D eigenvalue weighted by Crippen LogP contribution is -2.04. The van der Waals surface area contributed by atoms with E-state index in [1.807, 2.05) is 0 Å². The van der Waals surface area contributed by atoms with E-state index in [4.69, 9.17) is 0 Å². The van der Waals surface area contributed by atoms with Gasteiger partial charge in [-0.25, -0.2) is 9.18 Å². The van der Waals surface area contributed by atoms with E-state index in [0.29, 0.717) is 5.56 Å². The topological polar surface area (TPSA) is 38.7 Å². The zero-order valence-electron chi connectivity index (χ0n) is 8.64. The standard InChI is InChI=1S/C11H10FNO2S/c1-15-11(14)8-2-7(3-9(12)4-8)10-5-16-6-13-10/h2-4,6,10H,5H2,1H3. The van der Waals surface area contributed by atoms with E-state index < -0.39 is 11.8 Å². The normalized spacial score (nSPS) is 18.8. The predicted molar refractivity (Wildman–Crippen MR) is 61.4 cm³/mol. The van der Waals surface area contributed by atoms with E-state index in [-0.39, 0.29) is 11.6 Å². The van der Waals surface area contributed by atoms with Crippen LogP contribution >= 0.6 is 11.8 Å². The minimum absolute atomic E-state index is 0.0656. The Labute approximate surface area is 96.7 Å². The van der Waals surface area contributed by atoms with Crippen molar-refractivity contribution < 1.29 is 13.9 Å². The Morgan fingerprint density at radius 2 is 2.38 bits per heavy atom. The quantitative estimate of drug-likeness (QED) is 0.744. The molecule has 1 unspecified atom stereocenters. The van der Waals surface area contributed by atoms with E-state index in [1.54, 1.807) is 23.4 Å². The fourth-order valence-corrected chi connectivity index (χ4v) is 2.30. The summed E-state index contributed by atoms with van der Waals surface area (Å²) >= 11 is 1.57. The number of nitrogens with zero attached hydrogens (tertiary/aromatic N) is 1. The zero-order chi connectivity index (χ0) is 11.5.